The molecule has 0 bridgehead atoms. The number of nitrogens with two attached hydrogens (primary N) is 1. The quantitative estimate of drug-likeness (QED) is 0.485. The maximum absolute atomic E-state index is 13.6. The van der Waals surface area contributed by atoms with Crippen molar-refractivity contribution in [2.24, 2.45) is 5.73 Å². The summed E-state index contributed by atoms with van der Waals surface area (Å²) in [7, 11) is 0. The lowest BCUT2D eigenvalue weighted by Crippen LogP contribution is -2.48. The Kier molecular flexibility index (Phi) is 3.95. The molecule has 156 valence electrons. The summed E-state index contributed by atoms with van der Waals surface area (Å²) in [6.45, 7) is 3.34. The molecule has 8 heteroatoms. The first-order valence-electron chi connectivity index (χ1n) is 9.72. The average Bonchev–Trinajstić information content (AvgIpc) is 2.99. The van der Waals surface area contributed by atoms with Crippen LogP contribution in [0.15, 0.2) is 69.2 Å². The minimum atomic E-state index is -1.87. The highest BCUT2D eigenvalue weighted by Gasteiger charge is 2.61. The number of carbonyl (C=O) groups is 2. The number of amides is 1. The Hall–Kier alpha value is -4.07. The molecular formula is C23H18N2O6. The molecular weight excluding hydrogens is 400 g/mol. The molecule has 3 N–H and O–H groups in total. The number of nitrogens with one attached hydrogen (secondary N) is 1. The van der Waals surface area contributed by atoms with Crippen LogP contribution in [-0.4, -0.2) is 18.0 Å². The van der Waals surface area contributed by atoms with Crippen molar-refractivity contribution >= 4 is 28.5 Å². The van der Waals surface area contributed by atoms with Crippen LogP contribution in [0.1, 0.15) is 25.0 Å². The highest BCUT2D eigenvalue weighted by molar-refractivity contribution is 6.18. The molecule has 3 heterocycles. The Morgan fingerprint density at radius 1 is 1.10 bits per heavy atom. The van der Waals surface area contributed by atoms with E-state index in [1.165, 1.54) is 0 Å². The fraction of sp³-hybridized carbons (Fsp3) is 0.174. The summed E-state index contributed by atoms with van der Waals surface area (Å²) in [4.78, 5) is 40.0. The van der Waals surface area contributed by atoms with Gasteiger partial charge >= 0.3 is 11.6 Å². The molecule has 1 atom stereocenters. The molecule has 2 aliphatic heterocycles. The van der Waals surface area contributed by atoms with Gasteiger partial charge < -0.3 is 24.9 Å². The average molecular weight is 418 g/mol. The maximum Gasteiger partial charge on any atom is 0.345 e. The zero-order valence-electron chi connectivity index (χ0n) is 16.7. The molecule has 2 aliphatic rings. The van der Waals surface area contributed by atoms with E-state index >= 15 is 0 Å². The number of esters is 1. The number of fused-ring (bicyclic) bond motifs is 6. The lowest BCUT2D eigenvalue weighted by Gasteiger charge is -2.34. The molecule has 1 unspecified atom stereocenters. The third-order valence-electron chi connectivity index (χ3n) is 5.44. The van der Waals surface area contributed by atoms with Crippen LogP contribution < -0.4 is 21.4 Å². The van der Waals surface area contributed by atoms with Gasteiger partial charge in [0.05, 0.1) is 11.5 Å². The number of hydrogen-bond acceptors (Lipinski definition) is 7. The van der Waals surface area contributed by atoms with Crippen LogP contribution in [0.3, 0.4) is 0 Å². The van der Waals surface area contributed by atoms with Gasteiger partial charge in [0.1, 0.15) is 22.1 Å². The van der Waals surface area contributed by atoms with E-state index in [9.17, 15) is 14.4 Å². The number of ether oxygens (including phenoxy) is 2. The van der Waals surface area contributed by atoms with Crippen LogP contribution in [0, 0.1) is 0 Å². The topological polar surface area (TPSA) is 121 Å². The molecule has 8 nitrogen and oxygen atoms in total. The van der Waals surface area contributed by atoms with Crippen molar-refractivity contribution in [2.75, 3.05) is 5.32 Å². The first-order chi connectivity index (χ1) is 14.9. The van der Waals surface area contributed by atoms with Crippen molar-refractivity contribution in [1.82, 2.24) is 0 Å². The summed E-state index contributed by atoms with van der Waals surface area (Å²) in [5, 5.41) is 3.21. The molecule has 2 aromatic carbocycles. The summed E-state index contributed by atoms with van der Waals surface area (Å²) >= 11 is 0. The standard InChI is InChI=1S/C23H18N2O6/c1-11(2)29-21(27)17-19(24)31-18-12-7-3-6-10-15(12)30-20(26)16(18)23(17)13-8-4-5-9-14(13)25-22(23)28/h3-11H,24H2,1-2H3,(H,25,28). The van der Waals surface area contributed by atoms with Crippen molar-refractivity contribution < 1.29 is 23.5 Å². The van der Waals surface area contributed by atoms with Crippen molar-refractivity contribution in [3.05, 3.63) is 81.5 Å². The molecule has 1 spiro atoms. The van der Waals surface area contributed by atoms with E-state index in [0.717, 1.165) is 0 Å². The molecule has 0 fully saturated rings. The Balaban J connectivity index is 1.94. The van der Waals surface area contributed by atoms with E-state index in [2.05, 4.69) is 5.32 Å². The van der Waals surface area contributed by atoms with Gasteiger partial charge in [-0.15, -0.1) is 0 Å². The van der Waals surface area contributed by atoms with Crippen LogP contribution in [0.25, 0.3) is 11.0 Å². The Morgan fingerprint density at radius 2 is 1.81 bits per heavy atom. The fourth-order valence-corrected chi connectivity index (χ4v) is 4.30. The molecule has 1 aromatic heterocycles. The second-order valence-corrected chi connectivity index (χ2v) is 7.63. The normalized spacial score (nSPS) is 19.3. The summed E-state index contributed by atoms with van der Waals surface area (Å²) in [5.74, 6) is -1.69. The molecule has 1 amide bonds. The second kappa shape index (κ2) is 6.46. The monoisotopic (exact) mass is 418 g/mol. The lowest BCUT2D eigenvalue weighted by atomic mass is 9.68. The van der Waals surface area contributed by atoms with Crippen LogP contribution in [-0.2, 0) is 19.7 Å². The minimum absolute atomic E-state index is 0.0808. The first kappa shape index (κ1) is 18.9. The Morgan fingerprint density at radius 3 is 2.58 bits per heavy atom. The number of benzene rings is 2. The van der Waals surface area contributed by atoms with E-state index in [-0.39, 0.29) is 28.4 Å². The summed E-state index contributed by atoms with van der Waals surface area (Å²) < 4.78 is 16.7. The van der Waals surface area contributed by atoms with Crippen LogP contribution >= 0.6 is 0 Å². The Bertz CT molecular complexity index is 1370. The smallest absolute Gasteiger partial charge is 0.345 e. The van der Waals surface area contributed by atoms with Gasteiger partial charge in [-0.05, 0) is 32.0 Å². The third kappa shape index (κ3) is 2.44. The van der Waals surface area contributed by atoms with Gasteiger partial charge in [-0.25, -0.2) is 9.59 Å². The minimum Gasteiger partial charge on any atom is -0.459 e. The van der Waals surface area contributed by atoms with Crippen LogP contribution in [0.5, 0.6) is 5.75 Å². The highest BCUT2D eigenvalue weighted by Crippen LogP contribution is 2.53. The highest BCUT2D eigenvalue weighted by atomic mass is 16.5. The van der Waals surface area contributed by atoms with Crippen molar-refractivity contribution in [1.29, 1.82) is 0 Å². The molecule has 0 radical (unpaired) electrons. The first-order valence-corrected chi connectivity index (χ1v) is 9.72. The van der Waals surface area contributed by atoms with Gasteiger partial charge in [0, 0.05) is 11.3 Å². The zero-order chi connectivity index (χ0) is 21.9. The maximum atomic E-state index is 13.6. The second-order valence-electron chi connectivity index (χ2n) is 7.63. The van der Waals surface area contributed by atoms with Crippen LogP contribution in [0.2, 0.25) is 0 Å². The predicted octanol–water partition coefficient (Wildman–Crippen LogP) is 2.55. The molecule has 0 saturated heterocycles. The summed E-state index contributed by atoms with van der Waals surface area (Å²) in [6, 6.07) is 13.5. The fourth-order valence-electron chi connectivity index (χ4n) is 4.30. The van der Waals surface area contributed by atoms with Gasteiger partial charge in [-0.2, -0.15) is 0 Å². The predicted molar refractivity (Wildman–Crippen MR) is 111 cm³/mol. The molecule has 31 heavy (non-hydrogen) atoms. The number of rotatable bonds is 2. The van der Waals surface area contributed by atoms with Crippen molar-refractivity contribution in [3.63, 3.8) is 0 Å². The number of anilines is 1. The van der Waals surface area contributed by atoms with Gasteiger partial charge in [-0.3, -0.25) is 4.79 Å². The third-order valence-corrected chi connectivity index (χ3v) is 5.44. The lowest BCUT2D eigenvalue weighted by molar-refractivity contribution is -0.144. The zero-order valence-corrected chi connectivity index (χ0v) is 16.7. The summed E-state index contributed by atoms with van der Waals surface area (Å²) in [6.07, 6.45) is -0.487. The molecule has 0 saturated carbocycles. The molecule has 0 aliphatic carbocycles. The van der Waals surface area contributed by atoms with E-state index in [1.54, 1.807) is 62.4 Å². The van der Waals surface area contributed by atoms with Gasteiger partial charge in [0.2, 0.25) is 11.8 Å². The van der Waals surface area contributed by atoms with Crippen LogP contribution in [0.4, 0.5) is 5.69 Å². The van der Waals surface area contributed by atoms with Gasteiger partial charge in [0.15, 0.2) is 5.75 Å². The van der Waals surface area contributed by atoms with Gasteiger partial charge in [0.25, 0.3) is 0 Å². The van der Waals surface area contributed by atoms with Crippen molar-refractivity contribution in [2.45, 2.75) is 25.4 Å². The van der Waals surface area contributed by atoms with E-state index < -0.39 is 29.0 Å². The number of para-hydroxylation sites is 2. The van der Waals surface area contributed by atoms with E-state index in [4.69, 9.17) is 19.6 Å². The largest absolute Gasteiger partial charge is 0.459 e. The van der Waals surface area contributed by atoms with Gasteiger partial charge in [-0.1, -0.05) is 30.3 Å². The van der Waals surface area contributed by atoms with E-state index in [0.29, 0.717) is 16.6 Å². The number of carbonyl (C=O) groups excluding carboxylic acids is 2. The molecule has 3 aromatic rings. The number of hydrogen-bond donors (Lipinski definition) is 2. The van der Waals surface area contributed by atoms with E-state index in [1.807, 2.05) is 0 Å². The summed E-state index contributed by atoms with van der Waals surface area (Å²) in [5.41, 5.74) is 4.31. The Labute approximate surface area is 176 Å². The molecule has 5 rings (SSSR count). The van der Waals surface area contributed by atoms with Crippen molar-refractivity contribution in [3.8, 4) is 5.75 Å². The SMILES string of the molecule is CC(C)OC(=O)C1=C(N)Oc2c(c(=O)oc3ccccc23)C12C(=O)Nc1ccccc12.